The van der Waals surface area contributed by atoms with Crippen LogP contribution < -0.4 is 10.2 Å². The zero-order chi connectivity index (χ0) is 15.9. The second-order valence-electron chi connectivity index (χ2n) is 4.80. The van der Waals surface area contributed by atoms with Crippen LogP contribution in [0, 0.1) is 0 Å². The van der Waals surface area contributed by atoms with Gasteiger partial charge >= 0.3 is 0 Å². The molecule has 4 nitrogen and oxygen atoms in total. The lowest BCUT2D eigenvalue weighted by molar-refractivity contribution is 0.317. The van der Waals surface area contributed by atoms with Gasteiger partial charge in [-0.1, -0.05) is 13.0 Å². The molecule has 6 heteroatoms. The molecule has 0 saturated heterocycles. The van der Waals surface area contributed by atoms with Crippen molar-refractivity contribution in [2.45, 2.75) is 13.3 Å². The minimum Gasteiger partial charge on any atom is -0.494 e. The smallest absolute Gasteiger partial charge is 0.203 e. The first-order valence-electron chi connectivity index (χ1n) is 7.36. The molecule has 0 bridgehead atoms. The van der Waals surface area contributed by atoms with Crippen LogP contribution in [0.4, 0.5) is 5.13 Å². The molecule has 3 rings (SSSR count). The Labute approximate surface area is 143 Å². The van der Waals surface area contributed by atoms with E-state index in [2.05, 4.69) is 28.5 Å². The Morgan fingerprint density at radius 3 is 2.83 bits per heavy atom. The van der Waals surface area contributed by atoms with E-state index < -0.39 is 0 Å². The van der Waals surface area contributed by atoms with Crippen LogP contribution in [0.15, 0.2) is 52.3 Å². The second kappa shape index (κ2) is 7.89. The molecule has 1 N–H and O–H groups in total. The van der Waals surface area contributed by atoms with E-state index >= 15 is 0 Å². The summed E-state index contributed by atoms with van der Waals surface area (Å²) in [5, 5.41) is 9.10. The lowest BCUT2D eigenvalue weighted by atomic mass is 10.2. The number of thiazole rings is 1. The van der Waals surface area contributed by atoms with Crippen molar-refractivity contribution in [3.05, 3.63) is 52.7 Å². The number of nitrogens with zero attached hydrogens (tertiary/aromatic N) is 2. The van der Waals surface area contributed by atoms with Gasteiger partial charge in [-0.2, -0.15) is 5.10 Å². The molecule has 0 atom stereocenters. The summed E-state index contributed by atoms with van der Waals surface area (Å²) in [6.07, 6.45) is 2.78. The van der Waals surface area contributed by atoms with E-state index in [9.17, 15) is 0 Å². The minimum absolute atomic E-state index is 0.742. The van der Waals surface area contributed by atoms with E-state index in [4.69, 9.17) is 4.74 Å². The normalized spacial score (nSPS) is 11.0. The fourth-order valence-corrected chi connectivity index (χ4v) is 3.31. The summed E-state index contributed by atoms with van der Waals surface area (Å²) < 4.78 is 5.55. The third kappa shape index (κ3) is 4.40. The minimum atomic E-state index is 0.742. The molecule has 3 aromatic rings. The Bertz CT molecular complexity index is 749. The average Bonchev–Trinajstić information content (AvgIpc) is 3.25. The molecular formula is C17H17N3OS2. The van der Waals surface area contributed by atoms with Gasteiger partial charge in [0.15, 0.2) is 0 Å². The number of benzene rings is 1. The fourth-order valence-electron chi connectivity index (χ4n) is 1.89. The molecule has 0 unspecified atom stereocenters. The van der Waals surface area contributed by atoms with E-state index in [1.165, 1.54) is 4.88 Å². The van der Waals surface area contributed by atoms with Crippen molar-refractivity contribution >= 4 is 34.0 Å². The summed E-state index contributed by atoms with van der Waals surface area (Å²) in [4.78, 5) is 5.68. The largest absolute Gasteiger partial charge is 0.494 e. The number of hydrazone groups is 1. The van der Waals surface area contributed by atoms with E-state index in [1.54, 1.807) is 28.9 Å². The van der Waals surface area contributed by atoms with Crippen LogP contribution in [0.25, 0.3) is 10.6 Å². The molecule has 2 heterocycles. The standard InChI is InChI=1S/C17H17N3OS2/c1-2-9-21-14-7-5-13(6-8-14)11-18-20-17-19-15(12-23-17)16-4-3-10-22-16/h3-8,10-12H,2,9H2,1H3,(H,19,20)/b18-11-. The highest BCUT2D eigenvalue weighted by atomic mass is 32.1. The third-order valence-corrected chi connectivity index (χ3v) is 4.64. The molecule has 0 saturated carbocycles. The lowest BCUT2D eigenvalue weighted by Gasteiger charge is -2.03. The summed E-state index contributed by atoms with van der Waals surface area (Å²) in [5.41, 5.74) is 4.97. The van der Waals surface area contributed by atoms with Gasteiger partial charge in [-0.15, -0.1) is 22.7 Å². The van der Waals surface area contributed by atoms with E-state index in [0.717, 1.165) is 35.2 Å². The summed E-state index contributed by atoms with van der Waals surface area (Å²) in [6, 6.07) is 12.0. The van der Waals surface area contributed by atoms with Crippen molar-refractivity contribution in [3.63, 3.8) is 0 Å². The Hall–Kier alpha value is -2.18. The number of ether oxygens (including phenoxy) is 1. The quantitative estimate of drug-likeness (QED) is 0.479. The number of aromatic nitrogens is 1. The van der Waals surface area contributed by atoms with Crippen LogP contribution in [-0.2, 0) is 0 Å². The van der Waals surface area contributed by atoms with Crippen LogP contribution in [0.5, 0.6) is 5.75 Å². The van der Waals surface area contributed by atoms with Gasteiger partial charge in [0.05, 0.1) is 23.4 Å². The van der Waals surface area contributed by atoms with Crippen molar-refractivity contribution in [2.75, 3.05) is 12.0 Å². The Balaban J connectivity index is 1.56. The molecule has 1 aromatic carbocycles. The fraction of sp³-hybridized carbons (Fsp3) is 0.176. The molecule has 0 aliphatic carbocycles. The Kier molecular flexibility index (Phi) is 5.39. The molecule has 0 aliphatic rings. The highest BCUT2D eigenvalue weighted by Gasteiger charge is 2.04. The summed E-state index contributed by atoms with van der Waals surface area (Å²) in [6.45, 7) is 2.83. The highest BCUT2D eigenvalue weighted by Crippen LogP contribution is 2.28. The summed E-state index contributed by atoms with van der Waals surface area (Å²) in [5.74, 6) is 0.887. The first kappa shape index (κ1) is 15.7. The van der Waals surface area contributed by atoms with Gasteiger partial charge in [-0.05, 0) is 47.7 Å². The van der Waals surface area contributed by atoms with Gasteiger partial charge in [0.25, 0.3) is 0 Å². The van der Waals surface area contributed by atoms with Crippen LogP contribution in [0.1, 0.15) is 18.9 Å². The van der Waals surface area contributed by atoms with E-state index in [1.807, 2.05) is 41.1 Å². The monoisotopic (exact) mass is 343 g/mol. The summed E-state index contributed by atoms with van der Waals surface area (Å²) in [7, 11) is 0. The van der Waals surface area contributed by atoms with Crippen molar-refractivity contribution in [1.82, 2.24) is 4.98 Å². The maximum Gasteiger partial charge on any atom is 0.203 e. The van der Waals surface area contributed by atoms with E-state index in [0.29, 0.717) is 0 Å². The second-order valence-corrected chi connectivity index (χ2v) is 6.61. The predicted octanol–water partition coefficient (Wildman–Crippen LogP) is 5.11. The van der Waals surface area contributed by atoms with Crippen LogP contribution >= 0.6 is 22.7 Å². The number of hydrogen-bond donors (Lipinski definition) is 1. The molecule has 23 heavy (non-hydrogen) atoms. The number of rotatable bonds is 7. The zero-order valence-electron chi connectivity index (χ0n) is 12.7. The first-order valence-corrected chi connectivity index (χ1v) is 9.12. The maximum absolute atomic E-state index is 5.55. The molecule has 0 amide bonds. The van der Waals surface area contributed by atoms with Gasteiger partial charge in [0, 0.05) is 5.38 Å². The molecular weight excluding hydrogens is 326 g/mol. The summed E-state index contributed by atoms with van der Waals surface area (Å²) >= 11 is 3.23. The molecule has 0 fully saturated rings. The first-order chi connectivity index (χ1) is 11.3. The molecule has 0 aliphatic heterocycles. The molecule has 2 aromatic heterocycles. The van der Waals surface area contributed by atoms with E-state index in [-0.39, 0.29) is 0 Å². The van der Waals surface area contributed by atoms with Gasteiger partial charge in [-0.3, -0.25) is 5.43 Å². The van der Waals surface area contributed by atoms with Crippen LogP contribution in [-0.4, -0.2) is 17.8 Å². The number of hydrogen-bond acceptors (Lipinski definition) is 6. The van der Waals surface area contributed by atoms with Crippen LogP contribution in [0.2, 0.25) is 0 Å². The zero-order valence-corrected chi connectivity index (χ0v) is 14.4. The van der Waals surface area contributed by atoms with Gasteiger partial charge in [-0.25, -0.2) is 4.98 Å². The topological polar surface area (TPSA) is 46.5 Å². The number of nitrogens with one attached hydrogen (secondary N) is 1. The third-order valence-electron chi connectivity index (χ3n) is 3.00. The Morgan fingerprint density at radius 1 is 1.22 bits per heavy atom. The van der Waals surface area contributed by atoms with Gasteiger partial charge < -0.3 is 4.74 Å². The number of thiophene rings is 1. The van der Waals surface area contributed by atoms with Gasteiger partial charge in [0.1, 0.15) is 5.75 Å². The van der Waals surface area contributed by atoms with Crippen molar-refractivity contribution in [1.29, 1.82) is 0 Å². The Morgan fingerprint density at radius 2 is 2.09 bits per heavy atom. The lowest BCUT2D eigenvalue weighted by Crippen LogP contribution is -1.95. The molecule has 0 spiro atoms. The van der Waals surface area contributed by atoms with Crippen LogP contribution in [0.3, 0.4) is 0 Å². The van der Waals surface area contributed by atoms with Crippen molar-refractivity contribution in [2.24, 2.45) is 5.10 Å². The number of anilines is 1. The molecule has 118 valence electrons. The van der Waals surface area contributed by atoms with Crippen molar-refractivity contribution in [3.8, 4) is 16.3 Å². The highest BCUT2D eigenvalue weighted by molar-refractivity contribution is 7.15. The van der Waals surface area contributed by atoms with Gasteiger partial charge in [0.2, 0.25) is 5.13 Å². The maximum atomic E-state index is 5.55. The average molecular weight is 343 g/mol. The molecule has 0 radical (unpaired) electrons. The predicted molar refractivity (Wildman–Crippen MR) is 98.9 cm³/mol. The van der Waals surface area contributed by atoms with Crippen molar-refractivity contribution < 1.29 is 4.74 Å². The SMILES string of the molecule is CCCOc1ccc(/C=N\Nc2nc(-c3cccs3)cs2)cc1.